The Hall–Kier alpha value is -2.22. The highest BCUT2D eigenvalue weighted by Crippen LogP contribution is 2.25. The van der Waals surface area contributed by atoms with Gasteiger partial charge in [-0.2, -0.15) is 0 Å². The van der Waals surface area contributed by atoms with Crippen LogP contribution in [-0.4, -0.2) is 60.7 Å². The van der Waals surface area contributed by atoms with Gasteiger partial charge < -0.3 is 14.5 Å². The Balaban J connectivity index is 1.47. The summed E-state index contributed by atoms with van der Waals surface area (Å²) in [5.74, 6) is 0. The molecule has 0 spiro atoms. The minimum absolute atomic E-state index is 0.0861. The van der Waals surface area contributed by atoms with E-state index in [1.165, 1.54) is 12.1 Å². The van der Waals surface area contributed by atoms with Crippen molar-refractivity contribution in [3.63, 3.8) is 0 Å². The molecule has 7 nitrogen and oxygen atoms in total. The smallest absolute Gasteiger partial charge is 0.269 e. The fraction of sp³-hybridized carbons (Fsp3) is 0.444. The van der Waals surface area contributed by atoms with Gasteiger partial charge in [0.25, 0.3) is 5.69 Å². The molecular weight excluding hydrogens is 320 g/mol. The number of allylic oxidation sites excluding steroid dienone is 2. The van der Waals surface area contributed by atoms with Gasteiger partial charge in [0.1, 0.15) is 6.23 Å². The molecule has 7 heteroatoms. The van der Waals surface area contributed by atoms with Crippen LogP contribution in [0.4, 0.5) is 5.69 Å². The van der Waals surface area contributed by atoms with E-state index in [0.29, 0.717) is 6.54 Å². The molecule has 2 atom stereocenters. The molecule has 1 N–H and O–H groups in total. The summed E-state index contributed by atoms with van der Waals surface area (Å²) in [6.45, 7) is 4.99. The average Bonchev–Trinajstić information content (AvgIpc) is 3.09. The topological polar surface area (TPSA) is 70.9 Å². The van der Waals surface area contributed by atoms with Crippen LogP contribution < -0.4 is 5.32 Å². The van der Waals surface area contributed by atoms with E-state index < -0.39 is 4.92 Å². The van der Waals surface area contributed by atoms with Crippen molar-refractivity contribution in [1.82, 2.24) is 15.1 Å². The fourth-order valence-electron chi connectivity index (χ4n) is 2.92. The molecule has 0 amide bonds. The first-order valence-corrected chi connectivity index (χ1v) is 8.52. The number of hydrogen-bond acceptors (Lipinski definition) is 6. The Labute approximate surface area is 147 Å². The van der Waals surface area contributed by atoms with E-state index in [0.717, 1.165) is 31.7 Å². The molecule has 134 valence electrons. The normalized spacial score (nSPS) is 25.2. The van der Waals surface area contributed by atoms with E-state index in [4.69, 9.17) is 4.74 Å². The summed E-state index contributed by atoms with van der Waals surface area (Å²) in [6.07, 6.45) is 7.91. The molecule has 2 aliphatic rings. The number of nitrogens with one attached hydrogen (secondary N) is 1. The van der Waals surface area contributed by atoms with E-state index in [1.807, 2.05) is 18.2 Å². The fourth-order valence-corrected chi connectivity index (χ4v) is 2.92. The van der Waals surface area contributed by atoms with Crippen molar-refractivity contribution >= 4 is 5.69 Å². The quantitative estimate of drug-likeness (QED) is 0.500. The molecule has 1 aromatic rings. The van der Waals surface area contributed by atoms with Crippen LogP contribution >= 0.6 is 0 Å². The molecule has 3 rings (SSSR count). The van der Waals surface area contributed by atoms with Crippen LogP contribution in [0.1, 0.15) is 11.7 Å². The number of non-ortho nitro benzene ring substituents is 1. The van der Waals surface area contributed by atoms with Crippen molar-refractivity contribution in [2.24, 2.45) is 0 Å². The van der Waals surface area contributed by atoms with Gasteiger partial charge in [-0.15, -0.1) is 0 Å². The first-order chi connectivity index (χ1) is 12.1. The predicted molar refractivity (Wildman–Crippen MR) is 96.1 cm³/mol. The molecule has 0 bridgehead atoms. The number of likely N-dealkylation sites (N-methyl/N-ethyl adjacent to an activating group) is 1. The van der Waals surface area contributed by atoms with Gasteiger partial charge in [0.05, 0.1) is 11.0 Å². The number of benzene rings is 1. The minimum atomic E-state index is -0.393. The second-order valence-electron chi connectivity index (χ2n) is 6.37. The van der Waals surface area contributed by atoms with Gasteiger partial charge in [0.15, 0.2) is 0 Å². The number of piperazine rings is 1. The van der Waals surface area contributed by atoms with Crippen molar-refractivity contribution in [3.8, 4) is 0 Å². The highest BCUT2D eigenvalue weighted by molar-refractivity contribution is 5.34. The van der Waals surface area contributed by atoms with Crippen molar-refractivity contribution in [2.75, 3.05) is 39.8 Å². The Kier molecular flexibility index (Phi) is 5.80. The maximum Gasteiger partial charge on any atom is 0.269 e. The number of ether oxygens (including phenoxy) is 1. The van der Waals surface area contributed by atoms with Crippen LogP contribution in [0.2, 0.25) is 0 Å². The van der Waals surface area contributed by atoms with E-state index in [1.54, 1.807) is 12.1 Å². The third-order valence-electron chi connectivity index (χ3n) is 4.52. The number of nitro benzene ring substituents is 1. The van der Waals surface area contributed by atoms with Crippen molar-refractivity contribution in [1.29, 1.82) is 0 Å². The zero-order valence-corrected chi connectivity index (χ0v) is 14.4. The number of rotatable bonds is 5. The Morgan fingerprint density at radius 3 is 2.60 bits per heavy atom. The summed E-state index contributed by atoms with van der Waals surface area (Å²) >= 11 is 0. The molecule has 1 aromatic carbocycles. The lowest BCUT2D eigenvalue weighted by molar-refractivity contribution is -0.384. The number of nitro groups is 1. The van der Waals surface area contributed by atoms with Gasteiger partial charge in [-0.1, -0.05) is 6.08 Å². The third kappa shape index (κ3) is 4.88. The Morgan fingerprint density at radius 2 is 1.92 bits per heavy atom. The lowest BCUT2D eigenvalue weighted by Gasteiger charge is -2.31. The summed E-state index contributed by atoms with van der Waals surface area (Å²) in [7, 11) is 2.14. The first kappa shape index (κ1) is 17.6. The van der Waals surface area contributed by atoms with Crippen LogP contribution in [0.25, 0.3) is 0 Å². The molecule has 25 heavy (non-hydrogen) atoms. The van der Waals surface area contributed by atoms with Crippen molar-refractivity contribution < 1.29 is 9.66 Å². The first-order valence-electron chi connectivity index (χ1n) is 8.52. The predicted octanol–water partition coefficient (Wildman–Crippen LogP) is 1.90. The lowest BCUT2D eigenvalue weighted by atomic mass is 10.1. The lowest BCUT2D eigenvalue weighted by Crippen LogP contribution is -2.41. The van der Waals surface area contributed by atoms with Crippen molar-refractivity contribution in [2.45, 2.75) is 12.3 Å². The van der Waals surface area contributed by atoms with E-state index in [2.05, 4.69) is 28.4 Å². The molecule has 0 saturated carbocycles. The van der Waals surface area contributed by atoms with Crippen LogP contribution in [0.15, 0.2) is 48.7 Å². The van der Waals surface area contributed by atoms with Gasteiger partial charge in [0.2, 0.25) is 0 Å². The number of nitrogens with zero attached hydrogens (tertiary/aromatic N) is 3. The highest BCUT2D eigenvalue weighted by Gasteiger charge is 2.24. The van der Waals surface area contributed by atoms with Crippen LogP contribution in [0, 0.1) is 10.1 Å². The summed E-state index contributed by atoms with van der Waals surface area (Å²) < 4.78 is 5.93. The van der Waals surface area contributed by atoms with Gasteiger partial charge in [-0.05, 0) is 43.1 Å². The summed E-state index contributed by atoms with van der Waals surface area (Å²) in [5, 5.41) is 14.0. The average molecular weight is 344 g/mol. The highest BCUT2D eigenvalue weighted by atomic mass is 16.6. The maximum atomic E-state index is 10.7. The monoisotopic (exact) mass is 344 g/mol. The number of hydrogen-bond donors (Lipinski definition) is 1. The molecule has 2 aliphatic heterocycles. The largest absolute Gasteiger partial charge is 0.375 e. The molecule has 0 aromatic heterocycles. The minimum Gasteiger partial charge on any atom is -0.375 e. The Bertz CT molecular complexity index is 636. The molecule has 2 heterocycles. The third-order valence-corrected chi connectivity index (χ3v) is 4.52. The van der Waals surface area contributed by atoms with E-state index in [9.17, 15) is 10.1 Å². The Morgan fingerprint density at radius 1 is 1.20 bits per heavy atom. The van der Waals surface area contributed by atoms with Gasteiger partial charge in [0, 0.05) is 44.9 Å². The standard InChI is InChI=1S/C18H24N4O3/c1-20-10-12-21(13-11-20)9-3-2-4-18-19-14-17(25-18)15-5-7-16(8-6-15)22(23)24/h2-9,17-19H,10-14H2,1H3/b4-2-,9-3+. The van der Waals surface area contributed by atoms with Crippen molar-refractivity contribution in [3.05, 3.63) is 64.4 Å². The van der Waals surface area contributed by atoms with Gasteiger partial charge >= 0.3 is 0 Å². The zero-order valence-electron chi connectivity index (χ0n) is 14.4. The molecule has 0 radical (unpaired) electrons. The van der Waals surface area contributed by atoms with E-state index in [-0.39, 0.29) is 18.0 Å². The summed E-state index contributed by atoms with van der Waals surface area (Å²) in [4.78, 5) is 15.0. The zero-order chi connectivity index (χ0) is 17.6. The van der Waals surface area contributed by atoms with Crippen LogP contribution in [0.3, 0.4) is 0 Å². The SMILES string of the molecule is CN1CCN(/C=C/C=C\C2NCC(c3ccc([N+](=O)[O-])cc3)O2)CC1. The molecule has 2 unspecified atom stereocenters. The maximum absolute atomic E-state index is 10.7. The second-order valence-corrected chi connectivity index (χ2v) is 6.37. The van der Waals surface area contributed by atoms with Gasteiger partial charge in [-0.3, -0.25) is 15.4 Å². The molecule has 2 saturated heterocycles. The second kappa shape index (κ2) is 8.24. The molecule has 0 aliphatic carbocycles. The van der Waals surface area contributed by atoms with Crippen LogP contribution in [0.5, 0.6) is 0 Å². The van der Waals surface area contributed by atoms with Gasteiger partial charge in [-0.25, -0.2) is 0 Å². The summed E-state index contributed by atoms with van der Waals surface area (Å²) in [5.41, 5.74) is 1.04. The molecular formula is C18H24N4O3. The molecule has 2 fully saturated rings. The van der Waals surface area contributed by atoms with Crippen LogP contribution in [-0.2, 0) is 4.74 Å². The van der Waals surface area contributed by atoms with E-state index >= 15 is 0 Å². The summed E-state index contributed by atoms with van der Waals surface area (Å²) in [6, 6.07) is 6.54.